The van der Waals surface area contributed by atoms with Crippen LogP contribution in [0, 0.1) is 0 Å². The normalized spacial score (nSPS) is 10.5. The maximum atomic E-state index is 6.13. The number of halogens is 2. The second-order valence-corrected chi connectivity index (χ2v) is 4.91. The maximum Gasteiger partial charge on any atom is 0.258 e. The minimum Gasteiger partial charge on any atom is -0.357 e. The molecule has 112 valence electrons. The van der Waals surface area contributed by atoms with Gasteiger partial charge in [-0.3, -0.25) is 0 Å². The van der Waals surface area contributed by atoms with Crippen LogP contribution in [-0.2, 0) is 0 Å². The number of anilines is 3. The zero-order valence-electron chi connectivity index (χ0n) is 11.3. The van der Waals surface area contributed by atoms with E-state index in [9.17, 15) is 0 Å². The van der Waals surface area contributed by atoms with Gasteiger partial charge in [0.05, 0.1) is 15.7 Å². The van der Waals surface area contributed by atoms with E-state index in [0.717, 1.165) is 0 Å². The maximum absolute atomic E-state index is 6.13. The van der Waals surface area contributed by atoms with E-state index < -0.39 is 0 Å². The average Bonchev–Trinajstić information content (AvgIpc) is 3.05. The summed E-state index contributed by atoms with van der Waals surface area (Å²) in [6.07, 6.45) is 2.88. The number of aromatic nitrogens is 6. The molecule has 2 aromatic heterocycles. The highest BCUT2D eigenvalue weighted by molar-refractivity contribution is 6.39. The number of rotatable bonds is 4. The van der Waals surface area contributed by atoms with Crippen LogP contribution < -0.4 is 10.6 Å². The Labute approximate surface area is 135 Å². The van der Waals surface area contributed by atoms with E-state index in [1.165, 1.54) is 17.3 Å². The van der Waals surface area contributed by atoms with E-state index >= 15 is 0 Å². The van der Waals surface area contributed by atoms with E-state index in [0.29, 0.717) is 27.6 Å². The molecule has 0 unspecified atom stereocenters. The van der Waals surface area contributed by atoms with Crippen molar-refractivity contribution >= 4 is 40.8 Å². The molecule has 0 amide bonds. The van der Waals surface area contributed by atoms with Crippen LogP contribution in [0.3, 0.4) is 0 Å². The third-order valence-electron chi connectivity index (χ3n) is 2.67. The first-order chi connectivity index (χ1) is 10.7. The molecule has 0 radical (unpaired) electrons. The van der Waals surface area contributed by atoms with Gasteiger partial charge in [0.1, 0.15) is 12.7 Å². The van der Waals surface area contributed by atoms with Crippen LogP contribution in [0.15, 0.2) is 30.9 Å². The highest BCUT2D eigenvalue weighted by Gasteiger charge is 2.11. The van der Waals surface area contributed by atoms with Crippen LogP contribution >= 0.6 is 23.2 Å². The minimum absolute atomic E-state index is 0.278. The smallest absolute Gasteiger partial charge is 0.258 e. The SMILES string of the molecule is CNc1nc(Nc2c(Cl)cccc2Cl)nc(-n2cncn2)n1. The fraction of sp³-hybridized carbons (Fsp3) is 0.0833. The van der Waals surface area contributed by atoms with Crippen molar-refractivity contribution < 1.29 is 0 Å². The van der Waals surface area contributed by atoms with Crippen molar-refractivity contribution in [3.63, 3.8) is 0 Å². The number of hydrogen-bond donors (Lipinski definition) is 2. The molecule has 8 nitrogen and oxygen atoms in total. The zero-order chi connectivity index (χ0) is 15.5. The lowest BCUT2D eigenvalue weighted by molar-refractivity contribution is 0.798. The zero-order valence-corrected chi connectivity index (χ0v) is 12.8. The Kier molecular flexibility index (Phi) is 4.03. The Balaban J connectivity index is 2.02. The Hall–Kier alpha value is -2.45. The number of para-hydroxylation sites is 1. The van der Waals surface area contributed by atoms with E-state index in [1.807, 2.05) is 0 Å². The van der Waals surface area contributed by atoms with Gasteiger partial charge in [-0.1, -0.05) is 29.3 Å². The summed E-state index contributed by atoms with van der Waals surface area (Å²) >= 11 is 12.3. The fourth-order valence-electron chi connectivity index (χ4n) is 1.68. The highest BCUT2D eigenvalue weighted by Crippen LogP contribution is 2.31. The topological polar surface area (TPSA) is 93.4 Å². The van der Waals surface area contributed by atoms with Gasteiger partial charge in [0.15, 0.2) is 0 Å². The molecule has 0 saturated heterocycles. The Morgan fingerprint density at radius 2 is 1.77 bits per heavy atom. The molecule has 0 aliphatic heterocycles. The summed E-state index contributed by atoms with van der Waals surface area (Å²) < 4.78 is 1.42. The molecule has 0 aliphatic carbocycles. The van der Waals surface area contributed by atoms with Crippen molar-refractivity contribution in [3.05, 3.63) is 40.9 Å². The van der Waals surface area contributed by atoms with Crippen molar-refractivity contribution in [2.75, 3.05) is 17.7 Å². The molecular weight excluding hydrogens is 327 g/mol. The third-order valence-corrected chi connectivity index (χ3v) is 3.30. The molecule has 3 aromatic rings. The molecule has 2 heterocycles. The van der Waals surface area contributed by atoms with Crippen LogP contribution in [0.4, 0.5) is 17.6 Å². The highest BCUT2D eigenvalue weighted by atomic mass is 35.5. The molecule has 0 aliphatic rings. The second-order valence-electron chi connectivity index (χ2n) is 4.09. The number of hydrogen-bond acceptors (Lipinski definition) is 7. The first-order valence-corrected chi connectivity index (χ1v) is 6.93. The van der Waals surface area contributed by atoms with Crippen LogP contribution in [-0.4, -0.2) is 36.8 Å². The number of benzene rings is 1. The molecule has 0 fully saturated rings. The van der Waals surface area contributed by atoms with Gasteiger partial charge in [-0.05, 0) is 12.1 Å². The van der Waals surface area contributed by atoms with E-state index in [2.05, 4.69) is 35.7 Å². The lowest BCUT2D eigenvalue weighted by atomic mass is 10.3. The van der Waals surface area contributed by atoms with Gasteiger partial charge in [0.2, 0.25) is 11.9 Å². The van der Waals surface area contributed by atoms with E-state index in [-0.39, 0.29) is 5.95 Å². The van der Waals surface area contributed by atoms with Gasteiger partial charge < -0.3 is 10.6 Å². The fourth-order valence-corrected chi connectivity index (χ4v) is 2.17. The Morgan fingerprint density at radius 3 is 2.41 bits per heavy atom. The minimum atomic E-state index is 0.278. The molecule has 0 bridgehead atoms. The van der Waals surface area contributed by atoms with Gasteiger partial charge in [0, 0.05) is 7.05 Å². The summed E-state index contributed by atoms with van der Waals surface area (Å²) in [6.45, 7) is 0. The van der Waals surface area contributed by atoms with Gasteiger partial charge in [-0.15, -0.1) is 0 Å². The van der Waals surface area contributed by atoms with Gasteiger partial charge in [-0.2, -0.15) is 24.7 Å². The molecule has 0 atom stereocenters. The van der Waals surface area contributed by atoms with Crippen molar-refractivity contribution in [1.82, 2.24) is 29.7 Å². The second kappa shape index (κ2) is 6.12. The summed E-state index contributed by atoms with van der Waals surface area (Å²) in [5.41, 5.74) is 0.517. The molecule has 2 N–H and O–H groups in total. The predicted molar refractivity (Wildman–Crippen MR) is 84.0 cm³/mol. The molecule has 10 heteroatoms. The summed E-state index contributed by atoms with van der Waals surface area (Å²) in [5.74, 6) is 0.952. The summed E-state index contributed by atoms with van der Waals surface area (Å²) in [7, 11) is 1.70. The summed E-state index contributed by atoms with van der Waals surface area (Å²) in [5, 5.41) is 10.8. The Bertz CT molecular complexity index is 770. The van der Waals surface area contributed by atoms with Gasteiger partial charge >= 0.3 is 0 Å². The first kappa shape index (κ1) is 14.5. The lowest BCUT2D eigenvalue weighted by Gasteiger charge is -2.10. The van der Waals surface area contributed by atoms with Gasteiger partial charge in [-0.25, -0.2) is 4.98 Å². The Morgan fingerprint density at radius 1 is 1.05 bits per heavy atom. The average molecular weight is 337 g/mol. The van der Waals surface area contributed by atoms with E-state index in [1.54, 1.807) is 25.2 Å². The summed E-state index contributed by atoms with van der Waals surface area (Å²) in [4.78, 5) is 16.6. The predicted octanol–water partition coefficient (Wildman–Crippen LogP) is 2.54. The van der Waals surface area contributed by atoms with Crippen LogP contribution in [0.5, 0.6) is 0 Å². The molecule has 0 saturated carbocycles. The molecule has 22 heavy (non-hydrogen) atoms. The van der Waals surface area contributed by atoms with Crippen molar-refractivity contribution in [2.24, 2.45) is 0 Å². The standard InChI is InChI=1S/C12H10Cl2N8/c1-15-10-19-11(18-9-7(13)3-2-4-8(9)14)21-12(20-10)22-6-16-5-17-22/h2-6H,1H3,(H2,15,18,19,20,21). The molecular formula is C12H10Cl2N8. The molecule has 0 spiro atoms. The molecule has 1 aromatic carbocycles. The third kappa shape index (κ3) is 2.92. The largest absolute Gasteiger partial charge is 0.357 e. The van der Waals surface area contributed by atoms with Crippen molar-refractivity contribution in [2.45, 2.75) is 0 Å². The monoisotopic (exact) mass is 336 g/mol. The van der Waals surface area contributed by atoms with Crippen molar-refractivity contribution in [3.8, 4) is 5.95 Å². The molecule has 3 rings (SSSR count). The summed E-state index contributed by atoms with van der Waals surface area (Å²) in [6, 6.07) is 5.19. The quantitative estimate of drug-likeness (QED) is 0.755. The van der Waals surface area contributed by atoms with E-state index in [4.69, 9.17) is 23.2 Å². The van der Waals surface area contributed by atoms with Gasteiger partial charge in [0.25, 0.3) is 5.95 Å². The first-order valence-electron chi connectivity index (χ1n) is 6.17. The lowest BCUT2D eigenvalue weighted by Crippen LogP contribution is -2.10. The van der Waals surface area contributed by atoms with Crippen LogP contribution in [0.2, 0.25) is 10.0 Å². The van der Waals surface area contributed by atoms with Crippen LogP contribution in [0.1, 0.15) is 0 Å². The number of nitrogens with zero attached hydrogens (tertiary/aromatic N) is 6. The van der Waals surface area contributed by atoms with Crippen LogP contribution in [0.25, 0.3) is 5.95 Å². The van der Waals surface area contributed by atoms with Crippen molar-refractivity contribution in [1.29, 1.82) is 0 Å². The number of nitrogens with one attached hydrogen (secondary N) is 2.